The van der Waals surface area contributed by atoms with E-state index in [0.29, 0.717) is 24.2 Å². The Balaban J connectivity index is 1.60. The molecule has 7 heteroatoms. The molecule has 0 atom stereocenters. The van der Waals surface area contributed by atoms with Crippen LogP contribution in [-0.4, -0.2) is 48.1 Å². The second-order valence-electron chi connectivity index (χ2n) is 5.69. The van der Waals surface area contributed by atoms with Gasteiger partial charge < -0.3 is 9.64 Å². The minimum atomic E-state index is -0.389. The van der Waals surface area contributed by atoms with Gasteiger partial charge in [0.1, 0.15) is 0 Å². The largest absolute Gasteiger partial charge is 0.381 e. The fourth-order valence-electron chi connectivity index (χ4n) is 2.84. The molecule has 126 valence electrons. The van der Waals surface area contributed by atoms with Crippen molar-refractivity contribution >= 4 is 22.8 Å². The number of pyridine rings is 1. The fourth-order valence-corrected chi connectivity index (χ4v) is 2.84. The van der Waals surface area contributed by atoms with Crippen molar-refractivity contribution in [3.8, 4) is 0 Å². The molecule has 1 aromatic heterocycles. The van der Waals surface area contributed by atoms with Crippen molar-refractivity contribution in [3.63, 3.8) is 0 Å². The summed E-state index contributed by atoms with van der Waals surface area (Å²) in [6.07, 6.45) is 3.43. The molecule has 1 saturated heterocycles. The molecular weight excluding hydrogens is 308 g/mol. The number of piperidine rings is 1. The maximum atomic E-state index is 12.3. The number of amides is 3. The SMILES string of the molecule is COC1CCN(C(=O)NNC(=O)c2cccc3cccnc23)CC1. The van der Waals surface area contributed by atoms with Crippen molar-refractivity contribution in [1.29, 1.82) is 0 Å². The van der Waals surface area contributed by atoms with Gasteiger partial charge in [-0.05, 0) is 25.0 Å². The zero-order valence-corrected chi connectivity index (χ0v) is 13.5. The molecule has 0 aliphatic carbocycles. The number of rotatable bonds is 2. The summed E-state index contributed by atoms with van der Waals surface area (Å²) in [7, 11) is 1.68. The van der Waals surface area contributed by atoms with Crippen LogP contribution >= 0.6 is 0 Å². The number of benzene rings is 1. The van der Waals surface area contributed by atoms with E-state index in [1.165, 1.54) is 0 Å². The first-order valence-electron chi connectivity index (χ1n) is 7.91. The predicted octanol–water partition coefficient (Wildman–Crippen LogP) is 1.70. The molecule has 0 radical (unpaired) electrons. The summed E-state index contributed by atoms with van der Waals surface area (Å²) in [6, 6.07) is 8.74. The first-order chi connectivity index (χ1) is 11.7. The number of likely N-dealkylation sites (tertiary alicyclic amines) is 1. The molecule has 0 spiro atoms. The van der Waals surface area contributed by atoms with Gasteiger partial charge in [0.25, 0.3) is 5.91 Å². The second kappa shape index (κ2) is 7.27. The third kappa shape index (κ3) is 3.46. The maximum absolute atomic E-state index is 12.3. The van der Waals surface area contributed by atoms with Gasteiger partial charge in [-0.3, -0.25) is 15.2 Å². The lowest BCUT2D eigenvalue weighted by Gasteiger charge is -2.31. The van der Waals surface area contributed by atoms with E-state index in [2.05, 4.69) is 15.8 Å². The number of hydrogen-bond acceptors (Lipinski definition) is 4. The minimum absolute atomic E-state index is 0.199. The fraction of sp³-hybridized carbons (Fsp3) is 0.353. The number of carbonyl (C=O) groups is 2. The lowest BCUT2D eigenvalue weighted by atomic mass is 10.1. The van der Waals surface area contributed by atoms with E-state index < -0.39 is 0 Å². The molecule has 7 nitrogen and oxygen atoms in total. The highest BCUT2D eigenvalue weighted by atomic mass is 16.5. The highest BCUT2D eigenvalue weighted by Gasteiger charge is 2.23. The number of aromatic nitrogens is 1. The number of fused-ring (bicyclic) bond motifs is 1. The Morgan fingerprint density at radius 2 is 1.92 bits per heavy atom. The van der Waals surface area contributed by atoms with E-state index in [1.807, 2.05) is 18.2 Å². The van der Waals surface area contributed by atoms with Gasteiger partial charge in [0, 0.05) is 31.8 Å². The lowest BCUT2D eigenvalue weighted by Crippen LogP contribution is -2.51. The quantitative estimate of drug-likeness (QED) is 0.822. The molecule has 2 N–H and O–H groups in total. The van der Waals surface area contributed by atoms with Gasteiger partial charge in [-0.2, -0.15) is 0 Å². The van der Waals surface area contributed by atoms with Crippen molar-refractivity contribution < 1.29 is 14.3 Å². The van der Waals surface area contributed by atoms with Crippen molar-refractivity contribution in [3.05, 3.63) is 42.1 Å². The molecule has 2 heterocycles. The van der Waals surface area contributed by atoms with Crippen LogP contribution in [0.25, 0.3) is 10.9 Å². The van der Waals surface area contributed by atoms with E-state index in [0.717, 1.165) is 18.2 Å². The Hall–Kier alpha value is -2.67. The summed E-state index contributed by atoms with van der Waals surface area (Å²) < 4.78 is 5.28. The van der Waals surface area contributed by atoms with E-state index >= 15 is 0 Å². The van der Waals surface area contributed by atoms with Crippen LogP contribution in [0, 0.1) is 0 Å². The van der Waals surface area contributed by atoms with Gasteiger partial charge >= 0.3 is 6.03 Å². The monoisotopic (exact) mass is 328 g/mol. The summed E-state index contributed by atoms with van der Waals surface area (Å²) in [5.41, 5.74) is 5.96. The number of para-hydroxylation sites is 1. The summed E-state index contributed by atoms with van der Waals surface area (Å²) in [5.74, 6) is -0.389. The number of ether oxygens (including phenoxy) is 1. The van der Waals surface area contributed by atoms with E-state index in [4.69, 9.17) is 4.74 Å². The molecule has 1 aliphatic rings. The Kier molecular flexibility index (Phi) is 4.90. The van der Waals surface area contributed by atoms with Gasteiger partial charge in [-0.1, -0.05) is 18.2 Å². The maximum Gasteiger partial charge on any atom is 0.336 e. The van der Waals surface area contributed by atoms with Crippen LogP contribution in [0.2, 0.25) is 0 Å². The smallest absolute Gasteiger partial charge is 0.336 e. The van der Waals surface area contributed by atoms with Crippen molar-refractivity contribution in [1.82, 2.24) is 20.7 Å². The highest BCUT2D eigenvalue weighted by molar-refractivity contribution is 6.05. The topological polar surface area (TPSA) is 83.6 Å². The Morgan fingerprint density at radius 3 is 2.67 bits per heavy atom. The number of urea groups is 1. The number of nitrogens with zero attached hydrogens (tertiary/aromatic N) is 2. The summed E-state index contributed by atoms with van der Waals surface area (Å²) in [5, 5.41) is 0.873. The van der Waals surface area contributed by atoms with Crippen molar-refractivity contribution in [2.45, 2.75) is 18.9 Å². The van der Waals surface area contributed by atoms with E-state index in [9.17, 15) is 9.59 Å². The Bertz CT molecular complexity index is 736. The Morgan fingerprint density at radius 1 is 1.17 bits per heavy atom. The first kappa shape index (κ1) is 16.2. The molecule has 0 saturated carbocycles. The van der Waals surface area contributed by atoms with Crippen LogP contribution in [0.5, 0.6) is 0 Å². The molecular formula is C17H20N4O3. The van der Waals surface area contributed by atoms with Crippen LogP contribution < -0.4 is 10.9 Å². The molecule has 1 aliphatic heterocycles. The predicted molar refractivity (Wildman–Crippen MR) is 89.3 cm³/mol. The normalized spacial score (nSPS) is 15.3. The van der Waals surface area contributed by atoms with Gasteiger partial charge in [0.05, 0.1) is 17.2 Å². The number of hydrogen-bond donors (Lipinski definition) is 2. The number of nitrogens with one attached hydrogen (secondary N) is 2. The zero-order chi connectivity index (χ0) is 16.9. The third-order valence-corrected chi connectivity index (χ3v) is 4.22. The van der Waals surface area contributed by atoms with Crippen molar-refractivity contribution in [2.75, 3.05) is 20.2 Å². The lowest BCUT2D eigenvalue weighted by molar-refractivity contribution is 0.0496. The number of carbonyl (C=O) groups excluding carboxylic acids is 2. The highest BCUT2D eigenvalue weighted by Crippen LogP contribution is 2.16. The van der Waals surface area contributed by atoms with Gasteiger partial charge in [-0.15, -0.1) is 0 Å². The summed E-state index contributed by atoms with van der Waals surface area (Å²) in [4.78, 5) is 30.4. The van der Waals surface area contributed by atoms with E-state index in [1.54, 1.807) is 30.3 Å². The molecule has 0 bridgehead atoms. The Labute approximate surface area is 140 Å². The van der Waals surface area contributed by atoms with Crippen LogP contribution in [0.4, 0.5) is 4.79 Å². The van der Waals surface area contributed by atoms with E-state index in [-0.39, 0.29) is 18.0 Å². The summed E-state index contributed by atoms with van der Waals surface area (Å²) in [6.45, 7) is 1.21. The minimum Gasteiger partial charge on any atom is -0.381 e. The molecule has 1 aromatic carbocycles. The average molecular weight is 328 g/mol. The number of hydrazine groups is 1. The zero-order valence-electron chi connectivity index (χ0n) is 13.5. The van der Waals surface area contributed by atoms with Crippen molar-refractivity contribution in [2.24, 2.45) is 0 Å². The van der Waals surface area contributed by atoms with Gasteiger partial charge in [0.15, 0.2) is 0 Å². The van der Waals surface area contributed by atoms with Crippen LogP contribution in [0.15, 0.2) is 36.5 Å². The van der Waals surface area contributed by atoms with Crippen LogP contribution in [0.1, 0.15) is 23.2 Å². The average Bonchev–Trinajstić information content (AvgIpc) is 2.65. The van der Waals surface area contributed by atoms with Gasteiger partial charge in [0.2, 0.25) is 0 Å². The van der Waals surface area contributed by atoms with Crippen LogP contribution in [0.3, 0.4) is 0 Å². The summed E-state index contributed by atoms with van der Waals surface area (Å²) >= 11 is 0. The van der Waals surface area contributed by atoms with Crippen LogP contribution in [-0.2, 0) is 4.74 Å². The third-order valence-electron chi connectivity index (χ3n) is 4.22. The molecule has 3 amide bonds. The molecule has 0 unspecified atom stereocenters. The first-order valence-corrected chi connectivity index (χ1v) is 7.91. The number of methoxy groups -OCH3 is 1. The van der Waals surface area contributed by atoms with Gasteiger partial charge in [-0.25, -0.2) is 10.2 Å². The molecule has 2 aromatic rings. The molecule has 24 heavy (non-hydrogen) atoms. The molecule has 3 rings (SSSR count). The standard InChI is InChI=1S/C17H20N4O3/c1-24-13-7-10-21(11-8-13)17(23)20-19-16(22)14-6-2-4-12-5-3-9-18-15(12)14/h2-6,9,13H,7-8,10-11H2,1H3,(H,19,22)(H,20,23). The second-order valence-corrected chi connectivity index (χ2v) is 5.69. The molecule has 1 fully saturated rings.